The van der Waals surface area contributed by atoms with Crippen molar-refractivity contribution in [1.82, 2.24) is 14.9 Å². The van der Waals surface area contributed by atoms with Gasteiger partial charge in [0.25, 0.3) is 5.91 Å². The summed E-state index contributed by atoms with van der Waals surface area (Å²) in [6, 6.07) is -0.221. The first-order valence-corrected chi connectivity index (χ1v) is 9.35. The Kier molecular flexibility index (Phi) is 6.37. The first kappa shape index (κ1) is 21.4. The van der Waals surface area contributed by atoms with E-state index in [1.807, 2.05) is 0 Å². The van der Waals surface area contributed by atoms with Gasteiger partial charge in [-0.15, -0.1) is 0 Å². The van der Waals surface area contributed by atoms with Crippen LogP contribution in [0.15, 0.2) is 11.0 Å². The van der Waals surface area contributed by atoms with Gasteiger partial charge in [0.2, 0.25) is 0 Å². The zero-order valence-electron chi connectivity index (χ0n) is 14.4. The molecule has 0 saturated carbocycles. The molecular weight excluding hydrogens is 387 g/mol. The van der Waals surface area contributed by atoms with Gasteiger partial charge in [0.15, 0.2) is 6.23 Å². The molecule has 2 heterocycles. The highest BCUT2D eigenvalue weighted by atomic mass is 31.2. The number of aliphatic hydroxyl groups excluding tert-OH is 2. The van der Waals surface area contributed by atoms with Crippen LogP contribution in [0.5, 0.6) is 0 Å². The number of amides is 1. The Hall–Kier alpha value is -1.86. The number of phosphoric acid groups is 1. The van der Waals surface area contributed by atoms with Crippen LogP contribution >= 0.6 is 7.82 Å². The van der Waals surface area contributed by atoms with Crippen LogP contribution in [0.25, 0.3) is 0 Å². The van der Waals surface area contributed by atoms with Crippen LogP contribution in [0.2, 0.25) is 0 Å². The Bertz CT molecular complexity index is 807. The lowest BCUT2D eigenvalue weighted by Gasteiger charge is -2.19. The lowest BCUT2D eigenvalue weighted by atomic mass is 10.1. The van der Waals surface area contributed by atoms with Gasteiger partial charge in [0, 0.05) is 12.2 Å². The number of hydrogen-bond donors (Lipinski definition) is 6. The molecule has 7 N–H and O–H groups in total. The molecule has 1 aliphatic heterocycles. The van der Waals surface area contributed by atoms with Gasteiger partial charge in [0.05, 0.1) is 12.2 Å². The maximum atomic E-state index is 12.2. The van der Waals surface area contributed by atoms with Gasteiger partial charge in [-0.1, -0.05) is 0 Å². The standard InChI is InChI=1S/C13H21N4O9P/c1-5(2)15-11(20)6-3-17(13(21)16-10(6)14)12-9(19)8(18)7(26-12)4-25-27(22,23)24/h3,5,7-9,12,18-19H,4H2,1-2H3,(H,15,20)(H2,14,16,21)(H2,22,23,24)/t7-,8-,9-,12-/m1/s1. The van der Waals surface area contributed by atoms with Crippen LogP contribution in [-0.4, -0.2) is 66.4 Å². The number of nitrogens with two attached hydrogens (primary N) is 1. The number of carbonyl (C=O) groups excluding carboxylic acids is 1. The normalized spacial score (nSPS) is 25.7. The molecule has 0 spiro atoms. The maximum absolute atomic E-state index is 12.2. The summed E-state index contributed by atoms with van der Waals surface area (Å²) in [5.74, 6) is -0.943. The Morgan fingerprint density at radius 2 is 2.07 bits per heavy atom. The summed E-state index contributed by atoms with van der Waals surface area (Å²) in [4.78, 5) is 45.2. The first-order valence-electron chi connectivity index (χ1n) is 7.82. The Morgan fingerprint density at radius 1 is 1.44 bits per heavy atom. The van der Waals surface area contributed by atoms with Crippen molar-refractivity contribution in [1.29, 1.82) is 0 Å². The molecule has 4 atom stereocenters. The minimum Gasteiger partial charge on any atom is -0.387 e. The first-order chi connectivity index (χ1) is 12.4. The minimum absolute atomic E-state index is 0.150. The van der Waals surface area contributed by atoms with E-state index < -0.39 is 50.6 Å². The second kappa shape index (κ2) is 8.02. The van der Waals surface area contributed by atoms with Crippen LogP contribution < -0.4 is 16.7 Å². The Morgan fingerprint density at radius 3 is 2.63 bits per heavy atom. The fraction of sp³-hybridized carbons (Fsp3) is 0.615. The molecule has 152 valence electrons. The van der Waals surface area contributed by atoms with E-state index in [9.17, 15) is 24.4 Å². The zero-order chi connectivity index (χ0) is 20.5. The molecule has 27 heavy (non-hydrogen) atoms. The van der Waals surface area contributed by atoms with Crippen LogP contribution in [0, 0.1) is 0 Å². The van der Waals surface area contributed by atoms with Crippen molar-refractivity contribution in [2.24, 2.45) is 0 Å². The number of nitrogens with zero attached hydrogens (tertiary/aromatic N) is 2. The monoisotopic (exact) mass is 408 g/mol. The third kappa shape index (κ3) is 5.11. The van der Waals surface area contributed by atoms with Gasteiger partial charge in [-0.25, -0.2) is 9.36 Å². The van der Waals surface area contributed by atoms with Crippen LogP contribution in [0.3, 0.4) is 0 Å². The van der Waals surface area contributed by atoms with E-state index in [1.165, 1.54) is 0 Å². The number of aliphatic hydroxyl groups is 2. The second-order valence-electron chi connectivity index (χ2n) is 6.19. The zero-order valence-corrected chi connectivity index (χ0v) is 15.3. The minimum atomic E-state index is -4.83. The SMILES string of the molecule is CC(C)NC(=O)c1cn([C@@H]2O[C@H](COP(=O)(O)O)[C@@H](O)[C@H]2O)c(=O)nc1N. The highest BCUT2D eigenvalue weighted by Gasteiger charge is 2.45. The number of nitrogen functional groups attached to an aromatic ring is 1. The summed E-state index contributed by atoms with van der Waals surface area (Å²) in [5, 5.41) is 22.7. The molecule has 0 radical (unpaired) electrons. The molecule has 1 aromatic rings. The molecule has 0 unspecified atom stereocenters. The predicted octanol–water partition coefficient (Wildman–Crippen LogP) is -2.31. The largest absolute Gasteiger partial charge is 0.469 e. The van der Waals surface area contributed by atoms with Gasteiger partial charge >= 0.3 is 13.5 Å². The molecule has 13 nitrogen and oxygen atoms in total. The van der Waals surface area contributed by atoms with Crippen LogP contribution in [0.1, 0.15) is 30.4 Å². The maximum Gasteiger partial charge on any atom is 0.469 e. The van der Waals surface area contributed by atoms with E-state index in [1.54, 1.807) is 13.8 Å². The second-order valence-corrected chi connectivity index (χ2v) is 7.43. The fourth-order valence-corrected chi connectivity index (χ4v) is 2.79. The average Bonchev–Trinajstić information content (AvgIpc) is 2.80. The van der Waals surface area contributed by atoms with Gasteiger partial charge in [-0.3, -0.25) is 13.9 Å². The smallest absolute Gasteiger partial charge is 0.387 e. The molecule has 1 amide bonds. The van der Waals surface area contributed by atoms with Crippen molar-refractivity contribution in [3.05, 3.63) is 22.2 Å². The third-order valence-electron chi connectivity index (χ3n) is 3.66. The summed E-state index contributed by atoms with van der Waals surface area (Å²) >= 11 is 0. The number of rotatable bonds is 6. The number of aromatic nitrogens is 2. The topological polar surface area (TPSA) is 206 Å². The summed E-state index contributed by atoms with van der Waals surface area (Å²) in [5.41, 5.74) is 4.50. The van der Waals surface area contributed by atoms with Gasteiger partial charge in [-0.05, 0) is 13.8 Å². The third-order valence-corrected chi connectivity index (χ3v) is 4.15. The molecule has 1 aromatic heterocycles. The van der Waals surface area contributed by atoms with Crippen molar-refractivity contribution < 1.29 is 38.6 Å². The molecular formula is C13H21N4O9P. The van der Waals surface area contributed by atoms with Crippen molar-refractivity contribution in [2.75, 3.05) is 12.3 Å². The predicted molar refractivity (Wildman–Crippen MR) is 89.4 cm³/mol. The molecule has 1 aliphatic rings. The van der Waals surface area contributed by atoms with Gasteiger partial charge < -0.3 is 35.8 Å². The fourth-order valence-electron chi connectivity index (χ4n) is 2.45. The van der Waals surface area contributed by atoms with E-state index in [0.717, 1.165) is 10.8 Å². The molecule has 1 fully saturated rings. The number of anilines is 1. The number of nitrogens with one attached hydrogen (secondary N) is 1. The summed E-state index contributed by atoms with van der Waals surface area (Å²) in [6.45, 7) is 2.68. The van der Waals surface area contributed by atoms with E-state index >= 15 is 0 Å². The van der Waals surface area contributed by atoms with Crippen molar-refractivity contribution in [3.63, 3.8) is 0 Å². The quantitative estimate of drug-likeness (QED) is 0.276. The van der Waals surface area contributed by atoms with E-state index in [4.69, 9.17) is 20.3 Å². The van der Waals surface area contributed by atoms with E-state index in [2.05, 4.69) is 14.8 Å². The Balaban J connectivity index is 2.30. The van der Waals surface area contributed by atoms with Crippen LogP contribution in [0.4, 0.5) is 5.82 Å². The number of hydrogen-bond acceptors (Lipinski definition) is 9. The van der Waals surface area contributed by atoms with E-state index in [0.29, 0.717) is 0 Å². The van der Waals surface area contributed by atoms with E-state index in [-0.39, 0.29) is 17.4 Å². The molecule has 14 heteroatoms. The van der Waals surface area contributed by atoms with Gasteiger partial charge in [-0.2, -0.15) is 4.98 Å². The highest BCUT2D eigenvalue weighted by molar-refractivity contribution is 7.46. The van der Waals surface area contributed by atoms with Crippen molar-refractivity contribution in [2.45, 2.75) is 44.4 Å². The summed E-state index contributed by atoms with van der Waals surface area (Å²) < 4.78 is 21.1. The number of phosphoric ester groups is 1. The van der Waals surface area contributed by atoms with Crippen molar-refractivity contribution in [3.8, 4) is 0 Å². The van der Waals surface area contributed by atoms with Crippen molar-refractivity contribution >= 4 is 19.5 Å². The number of carbonyl (C=O) groups is 1. The lowest BCUT2D eigenvalue weighted by molar-refractivity contribution is -0.0542. The summed E-state index contributed by atoms with van der Waals surface area (Å²) in [7, 11) is -4.83. The average molecular weight is 408 g/mol. The molecule has 1 saturated heterocycles. The molecule has 0 aliphatic carbocycles. The van der Waals surface area contributed by atoms with Crippen LogP contribution in [-0.2, 0) is 13.8 Å². The summed E-state index contributed by atoms with van der Waals surface area (Å²) in [6.07, 6.45) is -5.06. The lowest BCUT2D eigenvalue weighted by Crippen LogP contribution is -2.38. The highest BCUT2D eigenvalue weighted by Crippen LogP contribution is 2.38. The molecule has 0 aromatic carbocycles. The molecule has 0 bridgehead atoms. The Labute approximate surface area is 153 Å². The molecule has 2 rings (SSSR count). The number of ether oxygens (including phenoxy) is 1. The van der Waals surface area contributed by atoms with Gasteiger partial charge in [0.1, 0.15) is 24.1 Å².